The van der Waals surface area contributed by atoms with Crippen LogP contribution in [0.2, 0.25) is 0 Å². The van der Waals surface area contributed by atoms with Gasteiger partial charge in [0.15, 0.2) is 0 Å². The van der Waals surface area contributed by atoms with Gasteiger partial charge in [-0.25, -0.2) is 8.78 Å². The predicted octanol–water partition coefficient (Wildman–Crippen LogP) is 4.12. The Bertz CT molecular complexity index is 1280. The lowest BCUT2D eigenvalue weighted by atomic mass is 9.98. The number of benzene rings is 3. The van der Waals surface area contributed by atoms with Crippen LogP contribution < -0.4 is 10.6 Å². The molecule has 1 fully saturated rings. The van der Waals surface area contributed by atoms with E-state index >= 15 is 0 Å². The van der Waals surface area contributed by atoms with Crippen LogP contribution in [-0.4, -0.2) is 43.4 Å². The van der Waals surface area contributed by atoms with Crippen molar-refractivity contribution in [1.29, 1.82) is 0 Å². The molecule has 4 rings (SSSR count). The average molecular weight is 519 g/mol. The third-order valence-corrected chi connectivity index (χ3v) is 6.95. The van der Waals surface area contributed by atoms with Crippen LogP contribution >= 0.6 is 0 Å². The number of ether oxygens (including phenoxy) is 1. The minimum Gasteiger partial charge on any atom is -0.390 e. The van der Waals surface area contributed by atoms with Crippen molar-refractivity contribution in [2.45, 2.75) is 43.4 Å². The topological polar surface area (TPSA) is 70.6 Å². The second kappa shape index (κ2) is 12.3. The van der Waals surface area contributed by atoms with Gasteiger partial charge in [0.1, 0.15) is 11.6 Å². The molecule has 3 aromatic carbocycles. The highest BCUT2D eigenvalue weighted by molar-refractivity contribution is 5.94. The van der Waals surface area contributed by atoms with Crippen LogP contribution in [0, 0.1) is 24.0 Å². The summed E-state index contributed by atoms with van der Waals surface area (Å²) in [5.74, 6) is 0.836. The number of aliphatic hydroxyl groups is 1. The SMILES string of the molecule is C#Cc1cccc(C2(NC[C@H](O)[C@H](Cc3cc(F)cc(F)c3)NC(=O)c3ccc(CCOC)cc3)CC2)c1. The second-order valence-corrected chi connectivity index (χ2v) is 9.76. The molecule has 2 atom stereocenters. The van der Waals surface area contributed by atoms with E-state index in [1.165, 1.54) is 12.1 Å². The van der Waals surface area contributed by atoms with Crippen LogP contribution in [0.5, 0.6) is 0 Å². The van der Waals surface area contributed by atoms with Crippen LogP contribution in [0.25, 0.3) is 0 Å². The molecular weight excluding hydrogens is 486 g/mol. The predicted molar refractivity (Wildman–Crippen MR) is 143 cm³/mol. The number of hydrogen-bond donors (Lipinski definition) is 3. The first-order chi connectivity index (χ1) is 18.3. The van der Waals surface area contributed by atoms with Gasteiger partial charge in [0, 0.05) is 36.4 Å². The molecule has 198 valence electrons. The van der Waals surface area contributed by atoms with Gasteiger partial charge in [-0.05, 0) is 78.8 Å². The molecule has 1 aliphatic rings. The average Bonchev–Trinajstić information content (AvgIpc) is 3.71. The van der Waals surface area contributed by atoms with E-state index in [1.54, 1.807) is 19.2 Å². The molecule has 0 radical (unpaired) electrons. The summed E-state index contributed by atoms with van der Waals surface area (Å²) >= 11 is 0. The van der Waals surface area contributed by atoms with Crippen molar-refractivity contribution < 1.29 is 23.4 Å². The molecule has 7 heteroatoms. The first-order valence-electron chi connectivity index (χ1n) is 12.7. The maximum absolute atomic E-state index is 13.9. The summed E-state index contributed by atoms with van der Waals surface area (Å²) in [5.41, 5.74) is 3.31. The van der Waals surface area contributed by atoms with E-state index in [-0.39, 0.29) is 24.4 Å². The zero-order chi connectivity index (χ0) is 27.1. The largest absolute Gasteiger partial charge is 0.390 e. The summed E-state index contributed by atoms with van der Waals surface area (Å²) in [6, 6.07) is 17.3. The number of aliphatic hydroxyl groups excluding tert-OH is 1. The number of amides is 1. The molecule has 0 unspecified atom stereocenters. The molecule has 0 aromatic heterocycles. The smallest absolute Gasteiger partial charge is 0.251 e. The Labute approximate surface area is 222 Å². The van der Waals surface area contributed by atoms with E-state index in [1.807, 2.05) is 36.4 Å². The lowest BCUT2D eigenvalue weighted by Gasteiger charge is -2.27. The fourth-order valence-electron chi connectivity index (χ4n) is 4.60. The Morgan fingerprint density at radius 2 is 1.79 bits per heavy atom. The standard InChI is InChI=1S/C31H32F2N2O3/c1-3-21-5-4-6-25(15-21)31(12-13-31)34-20-29(36)28(18-23-16-26(32)19-27(33)17-23)35-30(37)24-9-7-22(8-10-24)11-14-38-2/h1,4-10,15-17,19,28-29,34,36H,11-14,18,20H2,2H3,(H,35,37)/t28-,29-/m0/s1. The summed E-state index contributed by atoms with van der Waals surface area (Å²) in [7, 11) is 1.63. The number of carbonyl (C=O) groups excluding carboxylic acids is 1. The van der Waals surface area contributed by atoms with Crippen LogP contribution in [0.4, 0.5) is 8.78 Å². The lowest BCUT2D eigenvalue weighted by molar-refractivity contribution is 0.0822. The van der Waals surface area contributed by atoms with Crippen LogP contribution in [-0.2, 0) is 23.1 Å². The van der Waals surface area contributed by atoms with Crippen molar-refractivity contribution >= 4 is 5.91 Å². The summed E-state index contributed by atoms with van der Waals surface area (Å²) in [6.45, 7) is 0.741. The van der Waals surface area contributed by atoms with E-state index in [2.05, 4.69) is 16.6 Å². The van der Waals surface area contributed by atoms with Gasteiger partial charge in [0.05, 0.1) is 18.8 Å². The van der Waals surface area contributed by atoms with Crippen molar-refractivity contribution in [2.24, 2.45) is 0 Å². The number of carbonyl (C=O) groups is 1. The highest BCUT2D eigenvalue weighted by Gasteiger charge is 2.44. The highest BCUT2D eigenvalue weighted by atomic mass is 19.1. The number of hydrogen-bond acceptors (Lipinski definition) is 4. The Balaban J connectivity index is 1.48. The maximum Gasteiger partial charge on any atom is 0.251 e. The highest BCUT2D eigenvalue weighted by Crippen LogP contribution is 2.45. The monoisotopic (exact) mass is 518 g/mol. The summed E-state index contributed by atoms with van der Waals surface area (Å²) in [5, 5.41) is 17.5. The maximum atomic E-state index is 13.9. The molecule has 1 saturated carbocycles. The van der Waals surface area contributed by atoms with Crippen molar-refractivity contribution in [2.75, 3.05) is 20.3 Å². The molecule has 5 nitrogen and oxygen atoms in total. The molecule has 3 aromatic rings. The molecule has 0 aliphatic heterocycles. The molecule has 1 amide bonds. The minimum absolute atomic E-state index is 0.0504. The minimum atomic E-state index is -1.03. The number of halogens is 2. The van der Waals surface area contributed by atoms with E-state index in [0.29, 0.717) is 17.7 Å². The molecule has 0 heterocycles. The van der Waals surface area contributed by atoms with Crippen molar-refractivity contribution in [1.82, 2.24) is 10.6 Å². The van der Waals surface area contributed by atoms with Gasteiger partial charge in [0.25, 0.3) is 5.91 Å². The number of methoxy groups -OCH3 is 1. The third-order valence-electron chi connectivity index (χ3n) is 6.95. The summed E-state index contributed by atoms with van der Waals surface area (Å²) < 4.78 is 32.8. The molecule has 3 N–H and O–H groups in total. The molecular formula is C31H32F2N2O3. The number of rotatable bonds is 12. The zero-order valence-corrected chi connectivity index (χ0v) is 21.3. The molecule has 38 heavy (non-hydrogen) atoms. The van der Waals surface area contributed by atoms with Gasteiger partial charge in [0.2, 0.25) is 0 Å². The normalized spacial score (nSPS) is 15.3. The number of terminal acetylenes is 1. The Morgan fingerprint density at radius 1 is 1.08 bits per heavy atom. The van der Waals surface area contributed by atoms with Gasteiger partial charge in [-0.2, -0.15) is 0 Å². The van der Waals surface area contributed by atoms with Crippen LogP contribution in [0.1, 0.15) is 45.5 Å². The number of nitrogens with one attached hydrogen (secondary N) is 2. The van der Waals surface area contributed by atoms with Gasteiger partial charge >= 0.3 is 0 Å². The fraction of sp³-hybridized carbons (Fsp3) is 0.323. The van der Waals surface area contributed by atoms with Gasteiger partial charge in [-0.1, -0.05) is 30.2 Å². The third kappa shape index (κ3) is 7.05. The van der Waals surface area contributed by atoms with Crippen molar-refractivity contribution in [3.05, 3.63) is 106 Å². The van der Waals surface area contributed by atoms with E-state index in [0.717, 1.165) is 42.0 Å². The van der Waals surface area contributed by atoms with Gasteiger partial charge in [-0.3, -0.25) is 4.79 Å². The fourth-order valence-corrected chi connectivity index (χ4v) is 4.60. The molecule has 0 bridgehead atoms. The van der Waals surface area contributed by atoms with Crippen molar-refractivity contribution in [3.8, 4) is 12.3 Å². The van der Waals surface area contributed by atoms with Crippen LogP contribution in [0.15, 0.2) is 66.7 Å². The van der Waals surface area contributed by atoms with Gasteiger partial charge < -0.3 is 20.5 Å². The lowest BCUT2D eigenvalue weighted by Crippen LogP contribution is -2.50. The Morgan fingerprint density at radius 3 is 2.42 bits per heavy atom. The second-order valence-electron chi connectivity index (χ2n) is 9.76. The van der Waals surface area contributed by atoms with Gasteiger partial charge in [-0.15, -0.1) is 6.42 Å². The van der Waals surface area contributed by atoms with E-state index in [4.69, 9.17) is 11.2 Å². The van der Waals surface area contributed by atoms with E-state index in [9.17, 15) is 18.7 Å². The van der Waals surface area contributed by atoms with Crippen LogP contribution in [0.3, 0.4) is 0 Å². The zero-order valence-electron chi connectivity index (χ0n) is 21.3. The molecule has 1 aliphatic carbocycles. The van der Waals surface area contributed by atoms with Crippen molar-refractivity contribution in [3.63, 3.8) is 0 Å². The van der Waals surface area contributed by atoms with E-state index < -0.39 is 23.8 Å². The summed E-state index contributed by atoms with van der Waals surface area (Å²) in [4.78, 5) is 13.1. The summed E-state index contributed by atoms with van der Waals surface area (Å²) in [6.07, 6.45) is 7.07. The Hall–Kier alpha value is -3.57. The molecule has 0 saturated heterocycles. The quantitative estimate of drug-likeness (QED) is 0.316. The molecule has 0 spiro atoms. The first-order valence-corrected chi connectivity index (χ1v) is 12.7. The first kappa shape index (κ1) is 27.5. The Kier molecular flexibility index (Phi) is 8.90.